The minimum atomic E-state index is -0.616. The van der Waals surface area contributed by atoms with Gasteiger partial charge in [0.25, 0.3) is 0 Å². The number of hydrogen-bond acceptors (Lipinski definition) is 3. The van der Waals surface area contributed by atoms with Gasteiger partial charge in [0, 0.05) is 12.0 Å². The lowest BCUT2D eigenvalue weighted by Gasteiger charge is -2.44. The van der Waals surface area contributed by atoms with Gasteiger partial charge in [-0.3, -0.25) is 4.79 Å². The van der Waals surface area contributed by atoms with E-state index in [4.69, 9.17) is 5.26 Å². The number of nitrogens with zero attached hydrogens (tertiary/aromatic N) is 1. The standard InChI is InChI=1S/C20H34N2O2/c1-2-3-4-5-14-22-18-8-6-17(7-9-18)20(19(23)24)12-10-16(15-21)11-13-20/h16-18,22H,2-14H2,1H3,(H,23,24). The molecule has 0 aliphatic heterocycles. The molecule has 4 nitrogen and oxygen atoms in total. The topological polar surface area (TPSA) is 73.1 Å². The molecular formula is C20H34N2O2. The van der Waals surface area contributed by atoms with Crippen molar-refractivity contribution in [1.82, 2.24) is 5.32 Å². The van der Waals surface area contributed by atoms with Crippen molar-refractivity contribution in [3.05, 3.63) is 0 Å². The Bertz CT molecular complexity index is 427. The summed E-state index contributed by atoms with van der Waals surface area (Å²) in [4.78, 5) is 12.0. The first kappa shape index (κ1) is 19.2. The number of unbranched alkanes of at least 4 members (excludes halogenated alkanes) is 3. The molecule has 0 bridgehead atoms. The van der Waals surface area contributed by atoms with Crippen molar-refractivity contribution >= 4 is 5.97 Å². The summed E-state index contributed by atoms with van der Waals surface area (Å²) in [6.45, 7) is 3.33. The number of nitriles is 1. The summed E-state index contributed by atoms with van der Waals surface area (Å²) >= 11 is 0. The van der Waals surface area contributed by atoms with Crippen LogP contribution in [0.3, 0.4) is 0 Å². The van der Waals surface area contributed by atoms with Crippen LogP contribution in [0.2, 0.25) is 0 Å². The zero-order valence-electron chi connectivity index (χ0n) is 15.2. The maximum atomic E-state index is 12.0. The van der Waals surface area contributed by atoms with Gasteiger partial charge in [-0.05, 0) is 70.3 Å². The van der Waals surface area contributed by atoms with E-state index in [1.54, 1.807) is 0 Å². The van der Waals surface area contributed by atoms with Gasteiger partial charge in [0.15, 0.2) is 0 Å². The maximum absolute atomic E-state index is 12.0. The molecule has 0 amide bonds. The largest absolute Gasteiger partial charge is 0.481 e. The van der Waals surface area contributed by atoms with Gasteiger partial charge >= 0.3 is 5.97 Å². The van der Waals surface area contributed by atoms with Crippen LogP contribution >= 0.6 is 0 Å². The Morgan fingerprint density at radius 2 is 1.79 bits per heavy atom. The average molecular weight is 335 g/mol. The van der Waals surface area contributed by atoms with E-state index in [-0.39, 0.29) is 5.92 Å². The summed E-state index contributed by atoms with van der Waals surface area (Å²) in [6.07, 6.45) is 12.3. The van der Waals surface area contributed by atoms with Crippen molar-refractivity contribution < 1.29 is 9.90 Å². The summed E-state index contributed by atoms with van der Waals surface area (Å²) in [5.74, 6) is -0.249. The third kappa shape index (κ3) is 4.72. The van der Waals surface area contributed by atoms with E-state index < -0.39 is 11.4 Å². The first-order valence-corrected chi connectivity index (χ1v) is 9.98. The van der Waals surface area contributed by atoms with Crippen molar-refractivity contribution in [2.24, 2.45) is 17.3 Å². The highest BCUT2D eigenvalue weighted by Gasteiger charge is 2.48. The van der Waals surface area contributed by atoms with E-state index in [0.29, 0.717) is 24.8 Å². The van der Waals surface area contributed by atoms with Gasteiger partial charge in [0.1, 0.15) is 0 Å². The summed E-state index contributed by atoms with van der Waals surface area (Å²) in [6, 6.07) is 2.90. The number of hydrogen-bond donors (Lipinski definition) is 2. The van der Waals surface area contributed by atoms with Crippen LogP contribution in [0.15, 0.2) is 0 Å². The number of carboxylic acids is 1. The van der Waals surface area contributed by atoms with Gasteiger partial charge in [-0.15, -0.1) is 0 Å². The fraction of sp³-hybridized carbons (Fsp3) is 0.900. The number of aliphatic carboxylic acids is 1. The second-order valence-corrected chi connectivity index (χ2v) is 7.93. The predicted octanol–water partition coefficient (Wildman–Crippen LogP) is 4.50. The van der Waals surface area contributed by atoms with E-state index in [1.165, 1.54) is 25.7 Å². The van der Waals surface area contributed by atoms with Crippen molar-refractivity contribution in [1.29, 1.82) is 5.26 Å². The van der Waals surface area contributed by atoms with Gasteiger partial charge in [-0.2, -0.15) is 5.26 Å². The Labute approximate surface area is 147 Å². The predicted molar refractivity (Wildman–Crippen MR) is 95.5 cm³/mol. The molecule has 24 heavy (non-hydrogen) atoms. The van der Waals surface area contributed by atoms with Gasteiger partial charge in [0.05, 0.1) is 11.5 Å². The highest BCUT2D eigenvalue weighted by Crippen LogP contribution is 2.49. The molecule has 2 rings (SSSR count). The molecule has 4 heteroatoms. The van der Waals surface area contributed by atoms with E-state index in [0.717, 1.165) is 45.1 Å². The van der Waals surface area contributed by atoms with Crippen LogP contribution in [0.1, 0.15) is 84.0 Å². The normalized spacial score (nSPS) is 33.8. The molecule has 0 atom stereocenters. The Kier molecular flexibility index (Phi) is 7.55. The molecule has 0 aromatic rings. The van der Waals surface area contributed by atoms with Crippen molar-refractivity contribution in [3.8, 4) is 6.07 Å². The molecular weight excluding hydrogens is 300 g/mol. The third-order valence-electron chi connectivity index (χ3n) is 6.46. The Balaban J connectivity index is 1.79. The zero-order chi connectivity index (χ0) is 17.4. The van der Waals surface area contributed by atoms with Crippen LogP contribution in [0, 0.1) is 28.6 Å². The first-order valence-electron chi connectivity index (χ1n) is 9.98. The first-order chi connectivity index (χ1) is 11.6. The van der Waals surface area contributed by atoms with Crippen LogP contribution in [-0.2, 0) is 4.79 Å². The third-order valence-corrected chi connectivity index (χ3v) is 6.46. The smallest absolute Gasteiger partial charge is 0.309 e. The van der Waals surface area contributed by atoms with E-state index >= 15 is 0 Å². The number of rotatable bonds is 8. The van der Waals surface area contributed by atoms with E-state index in [1.807, 2.05) is 0 Å². The van der Waals surface area contributed by atoms with Gasteiger partial charge in [0.2, 0.25) is 0 Å². The molecule has 2 N–H and O–H groups in total. The lowest BCUT2D eigenvalue weighted by atomic mass is 9.60. The Hall–Kier alpha value is -1.08. The molecule has 2 aliphatic carbocycles. The Morgan fingerprint density at radius 3 is 2.33 bits per heavy atom. The summed E-state index contributed by atoms with van der Waals surface area (Å²) in [5, 5.41) is 22.6. The van der Waals surface area contributed by atoms with Crippen LogP contribution in [0.4, 0.5) is 0 Å². The van der Waals surface area contributed by atoms with Crippen molar-refractivity contribution in [2.75, 3.05) is 6.54 Å². The minimum Gasteiger partial charge on any atom is -0.481 e. The Morgan fingerprint density at radius 1 is 1.12 bits per heavy atom. The van der Waals surface area contributed by atoms with Gasteiger partial charge < -0.3 is 10.4 Å². The van der Waals surface area contributed by atoms with E-state index in [2.05, 4.69) is 18.3 Å². The van der Waals surface area contributed by atoms with Crippen LogP contribution in [-0.4, -0.2) is 23.7 Å². The lowest BCUT2D eigenvalue weighted by molar-refractivity contribution is -0.157. The SMILES string of the molecule is CCCCCCNC1CCC(C2(C(=O)O)CCC(C#N)CC2)CC1. The van der Waals surface area contributed by atoms with Crippen molar-refractivity contribution in [2.45, 2.75) is 90.0 Å². The summed E-state index contributed by atoms with van der Waals surface area (Å²) in [7, 11) is 0. The number of carbonyl (C=O) groups is 1. The molecule has 0 radical (unpaired) electrons. The molecule has 0 aromatic heterocycles. The lowest BCUT2D eigenvalue weighted by Crippen LogP contribution is -2.45. The molecule has 2 aliphatic rings. The maximum Gasteiger partial charge on any atom is 0.309 e. The summed E-state index contributed by atoms with van der Waals surface area (Å²) < 4.78 is 0. The fourth-order valence-electron chi connectivity index (χ4n) is 4.77. The van der Waals surface area contributed by atoms with E-state index in [9.17, 15) is 9.90 Å². The number of nitrogens with one attached hydrogen (secondary N) is 1. The minimum absolute atomic E-state index is 0.0681. The molecule has 0 saturated heterocycles. The summed E-state index contributed by atoms with van der Waals surface area (Å²) in [5.41, 5.74) is -0.556. The quantitative estimate of drug-likeness (QED) is 0.641. The number of carboxylic acid groups (broad SMARTS) is 1. The average Bonchev–Trinajstić information content (AvgIpc) is 2.62. The molecule has 2 saturated carbocycles. The molecule has 2 fully saturated rings. The van der Waals surface area contributed by atoms with Gasteiger partial charge in [-0.1, -0.05) is 26.2 Å². The monoisotopic (exact) mass is 334 g/mol. The zero-order valence-corrected chi connectivity index (χ0v) is 15.2. The highest BCUT2D eigenvalue weighted by atomic mass is 16.4. The van der Waals surface area contributed by atoms with Crippen LogP contribution in [0.5, 0.6) is 0 Å². The molecule has 0 unspecified atom stereocenters. The molecule has 0 spiro atoms. The second-order valence-electron chi connectivity index (χ2n) is 7.93. The van der Waals surface area contributed by atoms with Crippen molar-refractivity contribution in [3.63, 3.8) is 0 Å². The fourth-order valence-corrected chi connectivity index (χ4v) is 4.77. The van der Waals surface area contributed by atoms with Gasteiger partial charge in [-0.25, -0.2) is 0 Å². The second kappa shape index (κ2) is 9.42. The molecule has 0 aromatic carbocycles. The highest BCUT2D eigenvalue weighted by molar-refractivity contribution is 5.75. The van der Waals surface area contributed by atoms with Crippen LogP contribution in [0.25, 0.3) is 0 Å². The molecule has 0 heterocycles. The molecule has 136 valence electrons. The van der Waals surface area contributed by atoms with Crippen LogP contribution < -0.4 is 5.32 Å².